The van der Waals surface area contributed by atoms with Crippen LogP contribution in [0.1, 0.15) is 25.8 Å². The topological polar surface area (TPSA) is 9.23 Å². The minimum atomic E-state index is 0.335. The van der Waals surface area contributed by atoms with Crippen LogP contribution < -0.4 is 0 Å². The molecule has 1 rings (SSSR count). The maximum Gasteiger partial charge on any atom is 0.0650 e. The SMILES string of the molecule is C/C=C/COC(C)CCc1ccccc1. The number of ether oxygens (including phenoxy) is 1. The molecule has 0 N–H and O–H groups in total. The molecule has 0 radical (unpaired) electrons. The second-order valence-electron chi connectivity index (χ2n) is 3.74. The first-order chi connectivity index (χ1) is 7.33. The van der Waals surface area contributed by atoms with Crippen LogP contribution in [-0.2, 0) is 11.2 Å². The maximum absolute atomic E-state index is 5.62. The lowest BCUT2D eigenvalue weighted by Gasteiger charge is -2.11. The summed E-state index contributed by atoms with van der Waals surface area (Å²) in [5.41, 5.74) is 1.39. The molecule has 1 nitrogen and oxygen atoms in total. The van der Waals surface area contributed by atoms with Gasteiger partial charge in [0.2, 0.25) is 0 Å². The third kappa shape index (κ3) is 5.38. The van der Waals surface area contributed by atoms with Gasteiger partial charge in [-0.3, -0.25) is 0 Å². The third-order valence-electron chi connectivity index (χ3n) is 2.40. The van der Waals surface area contributed by atoms with Crippen LogP contribution in [0.4, 0.5) is 0 Å². The van der Waals surface area contributed by atoms with E-state index in [0.29, 0.717) is 6.10 Å². The van der Waals surface area contributed by atoms with E-state index in [-0.39, 0.29) is 0 Å². The van der Waals surface area contributed by atoms with Crippen molar-refractivity contribution in [2.45, 2.75) is 32.8 Å². The first-order valence-electron chi connectivity index (χ1n) is 5.59. The molecule has 0 spiro atoms. The highest BCUT2D eigenvalue weighted by Gasteiger charge is 2.01. The van der Waals surface area contributed by atoms with E-state index < -0.39 is 0 Å². The van der Waals surface area contributed by atoms with Gasteiger partial charge in [-0.05, 0) is 32.3 Å². The van der Waals surface area contributed by atoms with Crippen molar-refractivity contribution in [1.29, 1.82) is 0 Å². The van der Waals surface area contributed by atoms with Gasteiger partial charge in [0.1, 0.15) is 0 Å². The van der Waals surface area contributed by atoms with E-state index in [1.807, 2.05) is 19.1 Å². The molecule has 1 heteroatoms. The molecule has 0 aliphatic carbocycles. The highest BCUT2D eigenvalue weighted by atomic mass is 16.5. The van der Waals surface area contributed by atoms with Crippen LogP contribution in [0, 0.1) is 0 Å². The molecule has 0 saturated carbocycles. The Balaban J connectivity index is 2.19. The summed E-state index contributed by atoms with van der Waals surface area (Å²) in [7, 11) is 0. The highest BCUT2D eigenvalue weighted by Crippen LogP contribution is 2.06. The molecule has 0 bridgehead atoms. The number of benzene rings is 1. The second-order valence-corrected chi connectivity index (χ2v) is 3.74. The lowest BCUT2D eigenvalue weighted by Crippen LogP contribution is -2.09. The Hall–Kier alpha value is -1.08. The van der Waals surface area contributed by atoms with E-state index in [4.69, 9.17) is 4.74 Å². The smallest absolute Gasteiger partial charge is 0.0650 e. The first kappa shape index (κ1) is 12.0. The Labute approximate surface area is 92.8 Å². The van der Waals surface area contributed by atoms with Crippen LogP contribution in [0.15, 0.2) is 42.5 Å². The van der Waals surface area contributed by atoms with E-state index in [0.717, 1.165) is 19.4 Å². The van der Waals surface area contributed by atoms with E-state index in [9.17, 15) is 0 Å². The van der Waals surface area contributed by atoms with E-state index >= 15 is 0 Å². The van der Waals surface area contributed by atoms with Gasteiger partial charge in [-0.15, -0.1) is 0 Å². The fraction of sp³-hybridized carbons (Fsp3) is 0.429. The largest absolute Gasteiger partial charge is 0.374 e. The molecule has 1 aromatic carbocycles. The van der Waals surface area contributed by atoms with Crippen LogP contribution in [0.3, 0.4) is 0 Å². The predicted molar refractivity (Wildman–Crippen MR) is 65.0 cm³/mol. The van der Waals surface area contributed by atoms with Crippen LogP contribution in [0.25, 0.3) is 0 Å². The van der Waals surface area contributed by atoms with Gasteiger partial charge < -0.3 is 4.74 Å². The first-order valence-corrected chi connectivity index (χ1v) is 5.59. The number of allylic oxidation sites excluding steroid dienone is 1. The summed E-state index contributed by atoms with van der Waals surface area (Å²) < 4.78 is 5.62. The van der Waals surface area contributed by atoms with E-state index in [1.54, 1.807) is 0 Å². The van der Waals surface area contributed by atoms with Crippen molar-refractivity contribution in [3.8, 4) is 0 Å². The molecule has 0 aliphatic rings. The normalized spacial score (nSPS) is 13.2. The Kier molecular flexibility index (Phi) is 5.79. The minimum Gasteiger partial charge on any atom is -0.374 e. The van der Waals surface area contributed by atoms with Gasteiger partial charge in [-0.2, -0.15) is 0 Å². The van der Waals surface area contributed by atoms with Crippen molar-refractivity contribution >= 4 is 0 Å². The Bertz CT molecular complexity index is 277. The molecule has 1 aromatic rings. The quantitative estimate of drug-likeness (QED) is 0.643. The molecule has 1 unspecified atom stereocenters. The molecule has 15 heavy (non-hydrogen) atoms. The van der Waals surface area contributed by atoms with Crippen molar-refractivity contribution in [3.05, 3.63) is 48.0 Å². The summed E-state index contributed by atoms with van der Waals surface area (Å²) in [5.74, 6) is 0. The molecule has 0 saturated heterocycles. The van der Waals surface area contributed by atoms with Gasteiger partial charge in [-0.25, -0.2) is 0 Å². The number of hydrogen-bond acceptors (Lipinski definition) is 1. The molecular weight excluding hydrogens is 184 g/mol. The third-order valence-corrected chi connectivity index (χ3v) is 2.40. The van der Waals surface area contributed by atoms with E-state index in [1.165, 1.54) is 5.56 Å². The maximum atomic E-state index is 5.62. The van der Waals surface area contributed by atoms with Crippen LogP contribution in [0.5, 0.6) is 0 Å². The summed E-state index contributed by atoms with van der Waals surface area (Å²) in [6.45, 7) is 4.87. The summed E-state index contributed by atoms with van der Waals surface area (Å²) in [4.78, 5) is 0. The van der Waals surface area contributed by atoms with Crippen LogP contribution >= 0.6 is 0 Å². The van der Waals surface area contributed by atoms with Gasteiger partial charge in [0.05, 0.1) is 12.7 Å². The van der Waals surface area contributed by atoms with Gasteiger partial charge >= 0.3 is 0 Å². The van der Waals surface area contributed by atoms with Gasteiger partial charge in [-0.1, -0.05) is 42.5 Å². The van der Waals surface area contributed by atoms with Crippen LogP contribution in [0.2, 0.25) is 0 Å². The summed E-state index contributed by atoms with van der Waals surface area (Å²) in [5, 5.41) is 0. The highest BCUT2D eigenvalue weighted by molar-refractivity contribution is 5.14. The molecular formula is C14H20O. The van der Waals surface area contributed by atoms with Crippen molar-refractivity contribution in [2.75, 3.05) is 6.61 Å². The van der Waals surface area contributed by atoms with Crippen molar-refractivity contribution < 1.29 is 4.74 Å². The van der Waals surface area contributed by atoms with Crippen molar-refractivity contribution in [2.24, 2.45) is 0 Å². The zero-order valence-corrected chi connectivity index (χ0v) is 9.65. The zero-order valence-electron chi connectivity index (χ0n) is 9.65. The Morgan fingerprint density at radius 3 is 2.67 bits per heavy atom. The molecule has 0 heterocycles. The minimum absolute atomic E-state index is 0.335. The molecule has 0 aliphatic heterocycles. The summed E-state index contributed by atoms with van der Waals surface area (Å²) >= 11 is 0. The van der Waals surface area contributed by atoms with Gasteiger partial charge in [0.15, 0.2) is 0 Å². The molecule has 0 fully saturated rings. The van der Waals surface area contributed by atoms with Crippen molar-refractivity contribution in [3.63, 3.8) is 0 Å². The predicted octanol–water partition coefficient (Wildman–Crippen LogP) is 3.60. The molecule has 0 aromatic heterocycles. The van der Waals surface area contributed by atoms with Crippen LogP contribution in [-0.4, -0.2) is 12.7 Å². The monoisotopic (exact) mass is 204 g/mol. The van der Waals surface area contributed by atoms with Gasteiger partial charge in [0.25, 0.3) is 0 Å². The van der Waals surface area contributed by atoms with E-state index in [2.05, 4.69) is 37.3 Å². The second kappa shape index (κ2) is 7.24. The average molecular weight is 204 g/mol. The molecule has 0 amide bonds. The molecule has 1 atom stereocenters. The number of rotatable bonds is 6. The lowest BCUT2D eigenvalue weighted by molar-refractivity contribution is 0.0821. The van der Waals surface area contributed by atoms with Gasteiger partial charge in [0, 0.05) is 0 Å². The van der Waals surface area contributed by atoms with Crippen molar-refractivity contribution in [1.82, 2.24) is 0 Å². The average Bonchev–Trinajstić information content (AvgIpc) is 2.28. The zero-order chi connectivity index (χ0) is 10.9. The lowest BCUT2D eigenvalue weighted by atomic mass is 10.1. The Morgan fingerprint density at radius 1 is 1.27 bits per heavy atom. The summed E-state index contributed by atoms with van der Waals surface area (Å²) in [6, 6.07) is 10.5. The fourth-order valence-electron chi connectivity index (χ4n) is 1.41. The number of aryl methyl sites for hydroxylation is 1. The molecule has 82 valence electrons. The summed E-state index contributed by atoms with van der Waals surface area (Å²) in [6.07, 6.45) is 6.57. The number of hydrogen-bond donors (Lipinski definition) is 0. The standard InChI is InChI=1S/C14H20O/c1-3-4-12-15-13(2)10-11-14-8-6-5-7-9-14/h3-9,13H,10-12H2,1-2H3/b4-3+. The Morgan fingerprint density at radius 2 is 2.00 bits per heavy atom. The fourth-order valence-corrected chi connectivity index (χ4v) is 1.41.